The summed E-state index contributed by atoms with van der Waals surface area (Å²) in [6.07, 6.45) is 2.01. The Morgan fingerprint density at radius 2 is 2.15 bits per heavy atom. The van der Waals surface area contributed by atoms with E-state index < -0.39 is 0 Å². The number of halogens is 1. The Hall–Kier alpha value is -1.36. The van der Waals surface area contributed by atoms with Crippen molar-refractivity contribution in [2.75, 3.05) is 19.7 Å². The van der Waals surface area contributed by atoms with Gasteiger partial charge in [-0.05, 0) is 31.2 Å². The van der Waals surface area contributed by atoms with Crippen molar-refractivity contribution in [2.45, 2.75) is 19.6 Å². The first-order valence-electron chi connectivity index (χ1n) is 6.75. The van der Waals surface area contributed by atoms with E-state index in [1.807, 2.05) is 24.3 Å². The number of hydrogen-bond acceptors (Lipinski definition) is 4. The molecule has 5 heteroatoms. The lowest BCUT2D eigenvalue weighted by Gasteiger charge is -2.30. The molecule has 20 heavy (non-hydrogen) atoms. The number of benzene rings is 1. The Balaban J connectivity index is 1.69. The maximum absolute atomic E-state index is 5.88. The summed E-state index contributed by atoms with van der Waals surface area (Å²) >= 11 is 5.88. The first-order valence-corrected chi connectivity index (χ1v) is 7.13. The molecule has 0 bridgehead atoms. The van der Waals surface area contributed by atoms with Gasteiger partial charge in [0.05, 0.1) is 18.4 Å². The maximum atomic E-state index is 5.88. The van der Waals surface area contributed by atoms with Crippen LogP contribution < -0.4 is 0 Å². The zero-order valence-electron chi connectivity index (χ0n) is 11.4. The number of nitrogens with zero attached hydrogens (tertiary/aromatic N) is 2. The minimum Gasteiger partial charge on any atom is -0.444 e. The minimum atomic E-state index is 0.284. The first-order chi connectivity index (χ1) is 9.70. The lowest BCUT2D eigenvalue weighted by atomic mass is 10.2. The molecule has 1 saturated heterocycles. The molecular formula is C15H17ClN2O2. The molecule has 2 heterocycles. The summed E-state index contributed by atoms with van der Waals surface area (Å²) in [6.45, 7) is 5.54. The standard InChI is InChI=1S/C15H17ClN2O2/c1-11-8-18(6-7-19-11)9-14-10-20-15(17-14)12-2-4-13(16)5-3-12/h2-5,10-11H,6-9H2,1H3. The molecule has 0 aliphatic carbocycles. The molecule has 0 radical (unpaired) electrons. The third-order valence-electron chi connectivity index (χ3n) is 3.35. The van der Waals surface area contributed by atoms with Crippen LogP contribution >= 0.6 is 11.6 Å². The second kappa shape index (κ2) is 5.95. The highest BCUT2D eigenvalue weighted by molar-refractivity contribution is 6.30. The highest BCUT2D eigenvalue weighted by Gasteiger charge is 2.18. The van der Waals surface area contributed by atoms with Gasteiger partial charge in [0.1, 0.15) is 6.26 Å². The van der Waals surface area contributed by atoms with Crippen LogP contribution in [0.25, 0.3) is 11.5 Å². The van der Waals surface area contributed by atoms with E-state index in [9.17, 15) is 0 Å². The van der Waals surface area contributed by atoms with Crippen molar-refractivity contribution in [3.05, 3.63) is 41.2 Å². The highest BCUT2D eigenvalue weighted by atomic mass is 35.5. The van der Waals surface area contributed by atoms with E-state index in [0.29, 0.717) is 10.9 Å². The molecule has 2 aromatic rings. The largest absolute Gasteiger partial charge is 0.444 e. The molecule has 0 saturated carbocycles. The van der Waals surface area contributed by atoms with Gasteiger partial charge in [0.2, 0.25) is 5.89 Å². The van der Waals surface area contributed by atoms with Gasteiger partial charge in [-0.3, -0.25) is 4.90 Å². The summed E-state index contributed by atoms with van der Waals surface area (Å²) in [5.74, 6) is 0.637. The Bertz CT molecular complexity index is 568. The molecule has 0 N–H and O–H groups in total. The van der Waals surface area contributed by atoms with E-state index in [0.717, 1.165) is 37.5 Å². The first kappa shape index (κ1) is 13.6. The molecule has 1 atom stereocenters. The third-order valence-corrected chi connectivity index (χ3v) is 3.61. The van der Waals surface area contributed by atoms with Gasteiger partial charge in [-0.2, -0.15) is 0 Å². The van der Waals surface area contributed by atoms with Crippen LogP contribution in [0.5, 0.6) is 0 Å². The molecule has 0 spiro atoms. The number of morpholine rings is 1. The van der Waals surface area contributed by atoms with Crippen molar-refractivity contribution in [3.63, 3.8) is 0 Å². The molecule has 1 aliphatic rings. The van der Waals surface area contributed by atoms with Crippen molar-refractivity contribution >= 4 is 11.6 Å². The van der Waals surface area contributed by atoms with Crippen molar-refractivity contribution < 1.29 is 9.15 Å². The van der Waals surface area contributed by atoms with Crippen LogP contribution in [0, 0.1) is 0 Å². The van der Waals surface area contributed by atoms with E-state index in [1.54, 1.807) is 6.26 Å². The number of ether oxygens (including phenoxy) is 1. The maximum Gasteiger partial charge on any atom is 0.226 e. The van der Waals surface area contributed by atoms with Gasteiger partial charge < -0.3 is 9.15 Å². The van der Waals surface area contributed by atoms with Crippen molar-refractivity contribution in [3.8, 4) is 11.5 Å². The van der Waals surface area contributed by atoms with Gasteiger partial charge in [-0.25, -0.2) is 4.98 Å². The lowest BCUT2D eigenvalue weighted by Crippen LogP contribution is -2.40. The number of oxazole rings is 1. The van der Waals surface area contributed by atoms with Crippen LogP contribution in [0.4, 0.5) is 0 Å². The Morgan fingerprint density at radius 1 is 1.35 bits per heavy atom. The molecular weight excluding hydrogens is 276 g/mol. The second-order valence-corrected chi connectivity index (χ2v) is 5.50. The van der Waals surface area contributed by atoms with Gasteiger partial charge >= 0.3 is 0 Å². The van der Waals surface area contributed by atoms with Gasteiger partial charge in [0.25, 0.3) is 0 Å². The molecule has 3 rings (SSSR count). The van der Waals surface area contributed by atoms with Crippen LogP contribution in [0.3, 0.4) is 0 Å². The van der Waals surface area contributed by atoms with Gasteiger partial charge in [0.15, 0.2) is 0 Å². The Kier molecular flexibility index (Phi) is 4.05. The van der Waals surface area contributed by atoms with E-state index in [4.69, 9.17) is 20.8 Å². The van der Waals surface area contributed by atoms with Gasteiger partial charge in [0, 0.05) is 30.2 Å². The van der Waals surface area contributed by atoms with Gasteiger partial charge in [-0.1, -0.05) is 11.6 Å². The lowest BCUT2D eigenvalue weighted by molar-refractivity contribution is -0.0215. The van der Waals surface area contributed by atoms with Crippen LogP contribution in [0.1, 0.15) is 12.6 Å². The fourth-order valence-electron chi connectivity index (χ4n) is 2.37. The quantitative estimate of drug-likeness (QED) is 0.871. The molecule has 0 amide bonds. The molecule has 1 aromatic carbocycles. The summed E-state index contributed by atoms with van der Waals surface area (Å²) in [4.78, 5) is 6.87. The van der Waals surface area contributed by atoms with Crippen molar-refractivity contribution in [1.29, 1.82) is 0 Å². The number of rotatable bonds is 3. The third kappa shape index (κ3) is 3.20. The molecule has 4 nitrogen and oxygen atoms in total. The molecule has 106 valence electrons. The highest BCUT2D eigenvalue weighted by Crippen LogP contribution is 2.21. The van der Waals surface area contributed by atoms with Crippen LogP contribution in [-0.4, -0.2) is 35.7 Å². The zero-order valence-corrected chi connectivity index (χ0v) is 12.1. The Labute approximate surface area is 123 Å². The summed E-state index contributed by atoms with van der Waals surface area (Å²) in [7, 11) is 0. The fraction of sp³-hybridized carbons (Fsp3) is 0.400. The van der Waals surface area contributed by atoms with E-state index in [2.05, 4.69) is 16.8 Å². The average Bonchev–Trinajstić information content (AvgIpc) is 2.88. The zero-order chi connectivity index (χ0) is 13.9. The fourth-order valence-corrected chi connectivity index (χ4v) is 2.49. The van der Waals surface area contributed by atoms with Gasteiger partial charge in [-0.15, -0.1) is 0 Å². The smallest absolute Gasteiger partial charge is 0.226 e. The Morgan fingerprint density at radius 3 is 2.90 bits per heavy atom. The molecule has 1 unspecified atom stereocenters. The van der Waals surface area contributed by atoms with Crippen molar-refractivity contribution in [2.24, 2.45) is 0 Å². The molecule has 1 aliphatic heterocycles. The monoisotopic (exact) mass is 292 g/mol. The van der Waals surface area contributed by atoms with E-state index >= 15 is 0 Å². The molecule has 1 aromatic heterocycles. The van der Waals surface area contributed by atoms with Crippen LogP contribution in [-0.2, 0) is 11.3 Å². The summed E-state index contributed by atoms with van der Waals surface area (Å²) < 4.78 is 11.1. The predicted octanol–water partition coefficient (Wildman–Crippen LogP) is 3.22. The number of aromatic nitrogens is 1. The molecule has 1 fully saturated rings. The van der Waals surface area contributed by atoms with Crippen molar-refractivity contribution in [1.82, 2.24) is 9.88 Å². The predicted molar refractivity (Wildman–Crippen MR) is 77.6 cm³/mol. The summed E-state index contributed by atoms with van der Waals surface area (Å²) in [6, 6.07) is 7.50. The van der Waals surface area contributed by atoms with E-state index in [1.165, 1.54) is 0 Å². The number of hydrogen-bond donors (Lipinski definition) is 0. The second-order valence-electron chi connectivity index (χ2n) is 5.07. The average molecular weight is 293 g/mol. The normalized spacial score (nSPS) is 20.2. The van der Waals surface area contributed by atoms with Crippen LogP contribution in [0.2, 0.25) is 5.02 Å². The topological polar surface area (TPSA) is 38.5 Å². The van der Waals surface area contributed by atoms with E-state index in [-0.39, 0.29) is 6.10 Å². The summed E-state index contributed by atoms with van der Waals surface area (Å²) in [5.41, 5.74) is 1.89. The SMILES string of the molecule is CC1CN(Cc2coc(-c3ccc(Cl)cc3)n2)CCO1. The van der Waals surface area contributed by atoms with Crippen LogP contribution in [0.15, 0.2) is 34.9 Å². The minimum absolute atomic E-state index is 0.284. The summed E-state index contributed by atoms with van der Waals surface area (Å²) in [5, 5.41) is 0.711.